The van der Waals surface area contributed by atoms with Crippen LogP contribution >= 0.6 is 0 Å². The number of piperidine rings is 1. The Morgan fingerprint density at radius 1 is 0.909 bits per heavy atom. The molecule has 33 heavy (non-hydrogen) atoms. The monoisotopic (exact) mass is 452 g/mol. The van der Waals surface area contributed by atoms with Crippen LogP contribution in [0.2, 0.25) is 0 Å². The number of nitrogens with zero attached hydrogens (tertiary/aromatic N) is 2. The summed E-state index contributed by atoms with van der Waals surface area (Å²) in [5.41, 5.74) is 1.98. The standard InChI is InChI=1S/C25H29FN4O3/c26-19-6-8-20(9-7-19)27-25(33)29-13-16-12-18(15-29)23-21(10-11-22(31)30(23)14-16)28-24(32)17-4-2-1-3-5-17/h6-11,16-18H,1-5,12-15H2,(H,27,33)(H,28,32)/t16-,18-/m1/s1. The van der Waals surface area contributed by atoms with E-state index in [1.54, 1.807) is 15.5 Å². The zero-order valence-corrected chi connectivity index (χ0v) is 18.6. The summed E-state index contributed by atoms with van der Waals surface area (Å²) in [6.07, 6.45) is 6.02. The molecule has 2 aromatic rings. The van der Waals surface area contributed by atoms with Gasteiger partial charge in [0.15, 0.2) is 0 Å². The smallest absolute Gasteiger partial charge is 0.321 e. The second-order valence-electron chi connectivity index (χ2n) is 9.55. The molecule has 5 rings (SSSR count). The van der Waals surface area contributed by atoms with E-state index >= 15 is 0 Å². The highest BCUT2D eigenvalue weighted by atomic mass is 19.1. The topological polar surface area (TPSA) is 83.4 Å². The van der Waals surface area contributed by atoms with E-state index in [0.29, 0.717) is 31.0 Å². The van der Waals surface area contributed by atoms with Crippen molar-refractivity contribution in [2.45, 2.75) is 51.0 Å². The van der Waals surface area contributed by atoms with Crippen molar-refractivity contribution in [1.29, 1.82) is 0 Å². The summed E-state index contributed by atoms with van der Waals surface area (Å²) < 4.78 is 15.0. The molecule has 7 nitrogen and oxygen atoms in total. The highest BCUT2D eigenvalue weighted by Gasteiger charge is 2.38. The maximum Gasteiger partial charge on any atom is 0.321 e. The lowest BCUT2D eigenvalue weighted by Gasteiger charge is -2.43. The summed E-state index contributed by atoms with van der Waals surface area (Å²) in [6.45, 7) is 1.53. The van der Waals surface area contributed by atoms with Gasteiger partial charge in [-0.3, -0.25) is 9.59 Å². The third kappa shape index (κ3) is 4.51. The highest BCUT2D eigenvalue weighted by molar-refractivity contribution is 5.93. The summed E-state index contributed by atoms with van der Waals surface area (Å²) in [7, 11) is 0. The lowest BCUT2D eigenvalue weighted by Crippen LogP contribution is -2.50. The van der Waals surface area contributed by atoms with Gasteiger partial charge in [0.1, 0.15) is 5.82 Å². The Labute approximate surface area is 192 Å². The van der Waals surface area contributed by atoms with Gasteiger partial charge in [-0.2, -0.15) is 0 Å². The SMILES string of the molecule is O=C(Nc1ccc(=O)n2c1[C@@H]1C[C@H](CN(C(=O)Nc3ccc(F)cc3)C1)C2)C1CCCCC1. The molecule has 0 radical (unpaired) electrons. The highest BCUT2D eigenvalue weighted by Crippen LogP contribution is 2.39. The fourth-order valence-electron chi connectivity index (χ4n) is 5.62. The van der Waals surface area contributed by atoms with Gasteiger partial charge in [-0.15, -0.1) is 0 Å². The summed E-state index contributed by atoms with van der Waals surface area (Å²) in [5.74, 6) is -0.179. The maximum atomic E-state index is 13.2. The molecule has 1 saturated heterocycles. The van der Waals surface area contributed by atoms with Gasteiger partial charge in [-0.25, -0.2) is 9.18 Å². The predicted molar refractivity (Wildman–Crippen MR) is 124 cm³/mol. The largest absolute Gasteiger partial charge is 0.324 e. The number of carbonyl (C=O) groups is 2. The molecule has 0 spiro atoms. The number of hydrogen-bond acceptors (Lipinski definition) is 3. The minimum absolute atomic E-state index is 0.0204. The van der Waals surface area contributed by atoms with Gasteiger partial charge in [0.25, 0.3) is 5.56 Å². The molecule has 2 N–H and O–H groups in total. The van der Waals surface area contributed by atoms with Crippen LogP contribution in [0.3, 0.4) is 0 Å². The fraction of sp³-hybridized carbons (Fsp3) is 0.480. The Balaban J connectivity index is 1.36. The first-order chi connectivity index (χ1) is 16.0. The minimum atomic E-state index is -0.356. The van der Waals surface area contributed by atoms with Gasteiger partial charge >= 0.3 is 6.03 Å². The number of hydrogen-bond donors (Lipinski definition) is 2. The minimum Gasteiger partial charge on any atom is -0.324 e. The molecule has 0 unspecified atom stereocenters. The number of halogens is 1. The van der Waals surface area contributed by atoms with E-state index in [9.17, 15) is 18.8 Å². The van der Waals surface area contributed by atoms with Crippen molar-refractivity contribution in [2.24, 2.45) is 11.8 Å². The number of aromatic nitrogens is 1. The van der Waals surface area contributed by atoms with Crippen molar-refractivity contribution in [1.82, 2.24) is 9.47 Å². The van der Waals surface area contributed by atoms with Crippen molar-refractivity contribution in [3.05, 3.63) is 58.3 Å². The van der Waals surface area contributed by atoms with E-state index in [1.807, 2.05) is 0 Å². The third-order valence-electron chi connectivity index (χ3n) is 7.21. The fourth-order valence-corrected chi connectivity index (χ4v) is 5.62. The van der Waals surface area contributed by atoms with E-state index < -0.39 is 0 Å². The average molecular weight is 453 g/mol. The first-order valence-corrected chi connectivity index (χ1v) is 11.8. The molecule has 2 atom stereocenters. The molecule has 1 aromatic carbocycles. The van der Waals surface area contributed by atoms with Gasteiger partial charge in [0, 0.05) is 48.9 Å². The second kappa shape index (κ2) is 9.00. The molecule has 8 heteroatoms. The molecule has 3 aliphatic rings. The summed E-state index contributed by atoms with van der Waals surface area (Å²) >= 11 is 0. The van der Waals surface area contributed by atoms with Gasteiger partial charge in [0.2, 0.25) is 5.91 Å². The molecular formula is C25H29FN4O3. The van der Waals surface area contributed by atoms with Crippen LogP contribution in [0.25, 0.3) is 0 Å². The second-order valence-corrected chi connectivity index (χ2v) is 9.55. The maximum absolute atomic E-state index is 13.2. The Hall–Kier alpha value is -3.16. The Kier molecular flexibility index (Phi) is 5.91. The molecule has 2 fully saturated rings. The van der Waals surface area contributed by atoms with E-state index in [-0.39, 0.29) is 41.1 Å². The van der Waals surface area contributed by atoms with Crippen molar-refractivity contribution in [2.75, 3.05) is 23.7 Å². The number of amides is 3. The quantitative estimate of drug-likeness (QED) is 0.734. The lowest BCUT2D eigenvalue weighted by molar-refractivity contribution is -0.120. The first-order valence-electron chi connectivity index (χ1n) is 11.8. The van der Waals surface area contributed by atoms with Crippen LogP contribution in [-0.2, 0) is 11.3 Å². The number of carbonyl (C=O) groups excluding carboxylic acids is 2. The molecule has 174 valence electrons. The molecule has 2 bridgehead atoms. The molecule has 3 amide bonds. The molecule has 3 heterocycles. The van der Waals surface area contributed by atoms with Crippen molar-refractivity contribution < 1.29 is 14.0 Å². The molecular weight excluding hydrogens is 423 g/mol. The summed E-state index contributed by atoms with van der Waals surface area (Å²) in [6, 6.07) is 8.69. The number of rotatable bonds is 3. The van der Waals surface area contributed by atoms with Crippen molar-refractivity contribution in [3.8, 4) is 0 Å². The number of anilines is 2. The summed E-state index contributed by atoms with van der Waals surface area (Å²) in [4.78, 5) is 40.2. The lowest BCUT2D eigenvalue weighted by atomic mass is 9.82. The zero-order chi connectivity index (χ0) is 22.9. The molecule has 1 aliphatic carbocycles. The predicted octanol–water partition coefficient (Wildman–Crippen LogP) is 4.16. The van der Waals surface area contributed by atoms with Crippen molar-refractivity contribution >= 4 is 23.3 Å². The number of pyridine rings is 1. The Morgan fingerprint density at radius 3 is 2.42 bits per heavy atom. The number of benzene rings is 1. The van der Waals surface area contributed by atoms with E-state index in [0.717, 1.165) is 37.8 Å². The first kappa shape index (κ1) is 21.7. The number of nitrogens with one attached hydrogen (secondary N) is 2. The molecule has 1 aromatic heterocycles. The molecule has 1 saturated carbocycles. The van der Waals surface area contributed by atoms with E-state index in [4.69, 9.17) is 0 Å². The zero-order valence-electron chi connectivity index (χ0n) is 18.6. The van der Waals surface area contributed by atoms with Crippen LogP contribution in [0.5, 0.6) is 0 Å². The number of urea groups is 1. The van der Waals surface area contributed by atoms with Crippen LogP contribution < -0.4 is 16.2 Å². The van der Waals surface area contributed by atoms with Crippen LogP contribution in [0.15, 0.2) is 41.2 Å². The summed E-state index contributed by atoms with van der Waals surface area (Å²) in [5, 5.41) is 5.94. The van der Waals surface area contributed by atoms with E-state index in [1.165, 1.54) is 36.8 Å². The Morgan fingerprint density at radius 2 is 1.67 bits per heavy atom. The van der Waals surface area contributed by atoms with Crippen LogP contribution in [0, 0.1) is 17.7 Å². The van der Waals surface area contributed by atoms with Crippen molar-refractivity contribution in [3.63, 3.8) is 0 Å². The normalized spacial score (nSPS) is 22.4. The third-order valence-corrected chi connectivity index (χ3v) is 7.21. The van der Waals surface area contributed by atoms with Crippen LogP contribution in [0.4, 0.5) is 20.6 Å². The Bertz CT molecular complexity index is 1110. The van der Waals surface area contributed by atoms with Gasteiger partial charge in [-0.1, -0.05) is 19.3 Å². The van der Waals surface area contributed by atoms with Crippen LogP contribution in [0.1, 0.15) is 50.1 Å². The average Bonchev–Trinajstić information content (AvgIpc) is 2.82. The number of likely N-dealkylation sites (tertiary alicyclic amines) is 1. The van der Waals surface area contributed by atoms with Crippen LogP contribution in [-0.4, -0.2) is 34.5 Å². The number of fused-ring (bicyclic) bond motifs is 4. The van der Waals surface area contributed by atoms with Gasteiger partial charge in [0.05, 0.1) is 5.69 Å². The molecule has 2 aliphatic heterocycles. The van der Waals surface area contributed by atoms with Gasteiger partial charge < -0.3 is 20.1 Å². The van der Waals surface area contributed by atoms with Gasteiger partial charge in [-0.05, 0) is 55.5 Å². The van der Waals surface area contributed by atoms with E-state index in [2.05, 4.69) is 10.6 Å².